The predicted molar refractivity (Wildman–Crippen MR) is 83.9 cm³/mol. The molecule has 1 fully saturated rings. The van der Waals surface area contributed by atoms with Gasteiger partial charge in [0.25, 0.3) is 11.8 Å². The third kappa shape index (κ3) is 3.01. The Balaban J connectivity index is 1.68. The van der Waals surface area contributed by atoms with Gasteiger partial charge in [-0.1, -0.05) is 12.1 Å². The lowest BCUT2D eigenvalue weighted by molar-refractivity contribution is 0.0515. The fourth-order valence-electron chi connectivity index (χ4n) is 2.70. The van der Waals surface area contributed by atoms with E-state index in [-0.39, 0.29) is 28.7 Å². The van der Waals surface area contributed by atoms with Gasteiger partial charge < -0.3 is 19.3 Å². The van der Waals surface area contributed by atoms with Crippen molar-refractivity contribution in [3.8, 4) is 0 Å². The molecule has 7 heteroatoms. The van der Waals surface area contributed by atoms with Crippen LogP contribution in [0.25, 0.3) is 0 Å². The molecule has 24 heavy (non-hydrogen) atoms. The molecule has 1 aromatic carbocycles. The Kier molecular flexibility index (Phi) is 4.33. The van der Waals surface area contributed by atoms with Gasteiger partial charge in [0.05, 0.1) is 17.4 Å². The number of piperazine rings is 1. The van der Waals surface area contributed by atoms with E-state index >= 15 is 0 Å². The Hall–Kier alpha value is -3.09. The Bertz CT molecular complexity index is 761. The first-order valence-corrected chi connectivity index (χ1v) is 7.52. The average Bonchev–Trinajstić information content (AvgIpc) is 3.15. The molecule has 2 heterocycles. The van der Waals surface area contributed by atoms with Crippen LogP contribution in [-0.4, -0.2) is 58.9 Å². The van der Waals surface area contributed by atoms with Gasteiger partial charge in [0.1, 0.15) is 0 Å². The van der Waals surface area contributed by atoms with Gasteiger partial charge in [-0.2, -0.15) is 0 Å². The number of carbonyl (C=O) groups is 3. The molecule has 7 nitrogen and oxygen atoms in total. The molecule has 124 valence electrons. The smallest absolute Gasteiger partial charge is 0.336 e. The summed E-state index contributed by atoms with van der Waals surface area (Å²) in [7, 11) is 0. The van der Waals surface area contributed by atoms with Crippen LogP contribution in [0.3, 0.4) is 0 Å². The molecule has 1 aromatic heterocycles. The molecule has 0 radical (unpaired) electrons. The molecular formula is C17H16N2O5. The van der Waals surface area contributed by atoms with Gasteiger partial charge in [-0.3, -0.25) is 9.59 Å². The second kappa shape index (κ2) is 6.57. The highest BCUT2D eigenvalue weighted by molar-refractivity contribution is 6.04. The van der Waals surface area contributed by atoms with Crippen molar-refractivity contribution in [1.29, 1.82) is 0 Å². The average molecular weight is 328 g/mol. The molecule has 2 aromatic rings. The zero-order valence-electron chi connectivity index (χ0n) is 12.8. The summed E-state index contributed by atoms with van der Waals surface area (Å²) in [4.78, 5) is 39.2. The molecule has 0 unspecified atom stereocenters. The Morgan fingerprint density at radius 3 is 1.96 bits per heavy atom. The fraction of sp³-hybridized carbons (Fsp3) is 0.235. The summed E-state index contributed by atoms with van der Waals surface area (Å²) in [5.74, 6) is -1.41. The van der Waals surface area contributed by atoms with Gasteiger partial charge in [0.2, 0.25) is 0 Å². The first-order valence-electron chi connectivity index (χ1n) is 7.52. The first-order chi connectivity index (χ1) is 11.6. The lowest BCUT2D eigenvalue weighted by atomic mass is 10.1. The molecule has 0 atom stereocenters. The number of furan rings is 1. The molecular weight excluding hydrogens is 312 g/mol. The summed E-state index contributed by atoms with van der Waals surface area (Å²) < 4.78 is 5.10. The topological polar surface area (TPSA) is 91.1 Å². The van der Waals surface area contributed by atoms with Gasteiger partial charge in [0.15, 0.2) is 5.76 Å². The number of aromatic carboxylic acids is 1. The van der Waals surface area contributed by atoms with Crippen molar-refractivity contribution in [2.24, 2.45) is 0 Å². The van der Waals surface area contributed by atoms with E-state index in [2.05, 4.69) is 0 Å². The van der Waals surface area contributed by atoms with Crippen LogP contribution in [0.2, 0.25) is 0 Å². The lowest BCUT2D eigenvalue weighted by Gasteiger charge is -2.34. The number of rotatable bonds is 3. The molecule has 0 bridgehead atoms. The molecule has 0 aliphatic carbocycles. The molecule has 1 aliphatic heterocycles. The Morgan fingerprint density at radius 1 is 0.833 bits per heavy atom. The van der Waals surface area contributed by atoms with Crippen LogP contribution in [-0.2, 0) is 0 Å². The molecule has 3 rings (SSSR count). The van der Waals surface area contributed by atoms with E-state index in [0.29, 0.717) is 26.2 Å². The number of carboxylic acid groups (broad SMARTS) is 1. The van der Waals surface area contributed by atoms with Crippen molar-refractivity contribution < 1.29 is 23.9 Å². The van der Waals surface area contributed by atoms with Gasteiger partial charge in [-0.25, -0.2) is 4.79 Å². The summed E-state index contributed by atoms with van der Waals surface area (Å²) in [5, 5.41) is 9.20. The zero-order chi connectivity index (χ0) is 17.1. The highest BCUT2D eigenvalue weighted by atomic mass is 16.4. The van der Waals surface area contributed by atoms with Crippen molar-refractivity contribution in [2.75, 3.05) is 26.2 Å². The van der Waals surface area contributed by atoms with E-state index in [0.717, 1.165) is 0 Å². The quantitative estimate of drug-likeness (QED) is 0.923. The highest BCUT2D eigenvalue weighted by Crippen LogP contribution is 2.15. The van der Waals surface area contributed by atoms with Crippen molar-refractivity contribution >= 4 is 17.8 Å². The van der Waals surface area contributed by atoms with Crippen LogP contribution in [0, 0.1) is 0 Å². The molecule has 1 aliphatic rings. The molecule has 2 amide bonds. The van der Waals surface area contributed by atoms with Crippen LogP contribution < -0.4 is 0 Å². The lowest BCUT2D eigenvalue weighted by Crippen LogP contribution is -2.50. The third-order valence-corrected chi connectivity index (χ3v) is 3.97. The fourth-order valence-corrected chi connectivity index (χ4v) is 2.70. The Labute approximate surface area is 138 Å². The summed E-state index contributed by atoms with van der Waals surface area (Å²) >= 11 is 0. The van der Waals surface area contributed by atoms with Crippen molar-refractivity contribution in [3.05, 3.63) is 59.5 Å². The van der Waals surface area contributed by atoms with Gasteiger partial charge >= 0.3 is 5.97 Å². The third-order valence-electron chi connectivity index (χ3n) is 3.97. The van der Waals surface area contributed by atoms with Gasteiger partial charge in [-0.15, -0.1) is 0 Å². The maximum atomic E-state index is 12.6. The number of nitrogens with zero attached hydrogens (tertiary/aromatic N) is 2. The summed E-state index contributed by atoms with van der Waals surface area (Å²) in [6.07, 6.45) is 1.44. The molecule has 1 saturated heterocycles. The van der Waals surface area contributed by atoms with E-state index in [1.807, 2.05) is 0 Å². The monoisotopic (exact) mass is 328 g/mol. The van der Waals surface area contributed by atoms with E-state index in [4.69, 9.17) is 4.42 Å². The van der Waals surface area contributed by atoms with E-state index in [1.54, 1.807) is 34.1 Å². The number of benzene rings is 1. The number of amides is 2. The van der Waals surface area contributed by atoms with Crippen LogP contribution in [0.1, 0.15) is 31.3 Å². The van der Waals surface area contributed by atoms with Crippen LogP contribution in [0.5, 0.6) is 0 Å². The predicted octanol–water partition coefficient (Wildman–Crippen LogP) is 1.58. The minimum Gasteiger partial charge on any atom is -0.478 e. The second-order valence-corrected chi connectivity index (χ2v) is 5.41. The number of hydrogen-bond donors (Lipinski definition) is 1. The van der Waals surface area contributed by atoms with Gasteiger partial charge in [0, 0.05) is 26.2 Å². The molecule has 0 saturated carbocycles. The van der Waals surface area contributed by atoms with Crippen LogP contribution >= 0.6 is 0 Å². The largest absolute Gasteiger partial charge is 0.478 e. The minimum atomic E-state index is -1.13. The van der Waals surface area contributed by atoms with Gasteiger partial charge in [-0.05, 0) is 24.3 Å². The SMILES string of the molecule is O=C(O)c1ccccc1C(=O)N1CCN(C(=O)c2ccco2)CC1. The number of carboxylic acids is 1. The maximum Gasteiger partial charge on any atom is 0.336 e. The van der Waals surface area contributed by atoms with Crippen LogP contribution in [0.4, 0.5) is 0 Å². The Morgan fingerprint density at radius 2 is 1.42 bits per heavy atom. The molecule has 1 N–H and O–H groups in total. The second-order valence-electron chi connectivity index (χ2n) is 5.41. The maximum absolute atomic E-state index is 12.6. The van der Waals surface area contributed by atoms with E-state index < -0.39 is 5.97 Å². The van der Waals surface area contributed by atoms with Crippen molar-refractivity contribution in [1.82, 2.24) is 9.80 Å². The van der Waals surface area contributed by atoms with E-state index in [9.17, 15) is 19.5 Å². The summed E-state index contributed by atoms with van der Waals surface area (Å²) in [6.45, 7) is 1.44. The van der Waals surface area contributed by atoms with E-state index in [1.165, 1.54) is 18.4 Å². The summed E-state index contributed by atoms with van der Waals surface area (Å²) in [6, 6.07) is 9.38. The molecule has 0 spiro atoms. The summed E-state index contributed by atoms with van der Waals surface area (Å²) in [5.41, 5.74) is 0.146. The first kappa shape index (κ1) is 15.8. The van der Waals surface area contributed by atoms with Crippen molar-refractivity contribution in [2.45, 2.75) is 0 Å². The standard InChI is InChI=1S/C17H16N2O5/c20-15(12-4-1-2-5-13(12)17(22)23)18-7-9-19(10-8-18)16(21)14-6-3-11-24-14/h1-6,11H,7-10H2,(H,22,23). The highest BCUT2D eigenvalue weighted by Gasteiger charge is 2.28. The van der Waals surface area contributed by atoms with Crippen molar-refractivity contribution in [3.63, 3.8) is 0 Å². The normalized spacial score (nSPS) is 14.5. The minimum absolute atomic E-state index is 0.0170. The number of carbonyl (C=O) groups excluding carboxylic acids is 2. The van der Waals surface area contributed by atoms with Crippen LogP contribution in [0.15, 0.2) is 47.1 Å². The number of hydrogen-bond acceptors (Lipinski definition) is 4. The zero-order valence-corrected chi connectivity index (χ0v) is 12.8.